The summed E-state index contributed by atoms with van der Waals surface area (Å²) in [5.41, 5.74) is 7.66. The number of rotatable bonds is 4. The highest BCUT2D eigenvalue weighted by Crippen LogP contribution is 2.26. The SMILES string of the molecule is Cc1cc(OCC(=O)Nc2cc(N)ccc2F)cc(C)c1Cl. The van der Waals surface area contributed by atoms with Crippen molar-refractivity contribution in [3.05, 3.63) is 52.3 Å². The summed E-state index contributed by atoms with van der Waals surface area (Å²) in [7, 11) is 0. The van der Waals surface area contributed by atoms with Gasteiger partial charge < -0.3 is 15.8 Å². The molecule has 0 bridgehead atoms. The molecule has 0 fully saturated rings. The minimum atomic E-state index is -0.555. The Kier molecular flexibility index (Phi) is 4.88. The van der Waals surface area contributed by atoms with E-state index in [2.05, 4.69) is 5.32 Å². The Morgan fingerprint density at radius 3 is 2.55 bits per heavy atom. The minimum absolute atomic E-state index is 0.0251. The lowest BCUT2D eigenvalue weighted by Gasteiger charge is -2.11. The fourth-order valence-electron chi connectivity index (χ4n) is 1.96. The molecular weight excluding hydrogens is 307 g/mol. The molecule has 0 saturated heterocycles. The van der Waals surface area contributed by atoms with E-state index in [1.807, 2.05) is 13.8 Å². The van der Waals surface area contributed by atoms with E-state index in [1.165, 1.54) is 18.2 Å². The van der Waals surface area contributed by atoms with Crippen LogP contribution in [0.15, 0.2) is 30.3 Å². The van der Waals surface area contributed by atoms with Gasteiger partial charge in [-0.1, -0.05) is 11.6 Å². The van der Waals surface area contributed by atoms with Gasteiger partial charge in [0, 0.05) is 10.7 Å². The Labute approximate surface area is 133 Å². The zero-order chi connectivity index (χ0) is 16.3. The predicted octanol–water partition coefficient (Wildman–Crippen LogP) is 3.70. The molecule has 0 heterocycles. The van der Waals surface area contributed by atoms with Gasteiger partial charge in [0.25, 0.3) is 5.91 Å². The third-order valence-electron chi connectivity index (χ3n) is 3.04. The Balaban J connectivity index is 2.00. The van der Waals surface area contributed by atoms with E-state index in [-0.39, 0.29) is 12.3 Å². The van der Waals surface area contributed by atoms with Gasteiger partial charge >= 0.3 is 0 Å². The molecule has 22 heavy (non-hydrogen) atoms. The second kappa shape index (κ2) is 6.66. The van der Waals surface area contributed by atoms with Crippen LogP contribution in [0.5, 0.6) is 5.75 Å². The van der Waals surface area contributed by atoms with Crippen LogP contribution in [0.2, 0.25) is 5.02 Å². The first kappa shape index (κ1) is 16.1. The maximum Gasteiger partial charge on any atom is 0.262 e. The second-order valence-corrected chi connectivity index (χ2v) is 5.33. The average molecular weight is 323 g/mol. The number of carbonyl (C=O) groups excluding carboxylic acids is 1. The molecule has 0 saturated carbocycles. The lowest BCUT2D eigenvalue weighted by atomic mass is 10.1. The molecule has 2 aromatic rings. The van der Waals surface area contributed by atoms with Crippen LogP contribution in [0.4, 0.5) is 15.8 Å². The highest BCUT2D eigenvalue weighted by atomic mass is 35.5. The van der Waals surface area contributed by atoms with Crippen molar-refractivity contribution in [1.82, 2.24) is 0 Å². The summed E-state index contributed by atoms with van der Waals surface area (Å²) < 4.78 is 18.9. The molecule has 0 radical (unpaired) electrons. The monoisotopic (exact) mass is 322 g/mol. The molecule has 116 valence electrons. The number of amides is 1. The minimum Gasteiger partial charge on any atom is -0.484 e. The first-order chi connectivity index (χ1) is 10.4. The Hall–Kier alpha value is -2.27. The Morgan fingerprint density at radius 1 is 1.27 bits per heavy atom. The van der Waals surface area contributed by atoms with Crippen molar-refractivity contribution < 1.29 is 13.9 Å². The summed E-state index contributed by atoms with van der Waals surface area (Å²) in [6.07, 6.45) is 0. The van der Waals surface area contributed by atoms with Crippen molar-refractivity contribution in [1.29, 1.82) is 0 Å². The zero-order valence-electron chi connectivity index (χ0n) is 12.2. The summed E-state index contributed by atoms with van der Waals surface area (Å²) in [6, 6.07) is 7.44. The van der Waals surface area contributed by atoms with E-state index < -0.39 is 11.7 Å². The summed E-state index contributed by atoms with van der Waals surface area (Å²) in [5, 5.41) is 3.08. The summed E-state index contributed by atoms with van der Waals surface area (Å²) in [4.78, 5) is 11.8. The fourth-order valence-corrected chi connectivity index (χ4v) is 2.07. The van der Waals surface area contributed by atoms with Crippen LogP contribution in [0.25, 0.3) is 0 Å². The van der Waals surface area contributed by atoms with Gasteiger partial charge in [0.2, 0.25) is 0 Å². The van der Waals surface area contributed by atoms with Crippen molar-refractivity contribution in [3.8, 4) is 5.75 Å². The van der Waals surface area contributed by atoms with Crippen molar-refractivity contribution in [2.24, 2.45) is 0 Å². The fraction of sp³-hybridized carbons (Fsp3) is 0.188. The predicted molar refractivity (Wildman–Crippen MR) is 85.9 cm³/mol. The summed E-state index contributed by atoms with van der Waals surface area (Å²) in [5.74, 6) is -0.502. The normalized spacial score (nSPS) is 10.4. The van der Waals surface area contributed by atoms with Crippen molar-refractivity contribution in [2.45, 2.75) is 13.8 Å². The molecule has 0 aliphatic carbocycles. The molecule has 2 aromatic carbocycles. The van der Waals surface area contributed by atoms with E-state index >= 15 is 0 Å². The van der Waals surface area contributed by atoms with Gasteiger partial charge in [-0.15, -0.1) is 0 Å². The van der Waals surface area contributed by atoms with Gasteiger partial charge in [-0.3, -0.25) is 4.79 Å². The highest BCUT2D eigenvalue weighted by Gasteiger charge is 2.09. The van der Waals surface area contributed by atoms with Crippen LogP contribution in [-0.2, 0) is 4.79 Å². The number of aryl methyl sites for hydroxylation is 2. The standard InChI is InChI=1S/C16H16ClFN2O2/c1-9-5-12(6-10(2)16(9)17)22-8-15(21)20-14-7-11(19)3-4-13(14)18/h3-7H,8,19H2,1-2H3,(H,20,21). The van der Waals surface area contributed by atoms with Crippen LogP contribution >= 0.6 is 11.6 Å². The quantitative estimate of drug-likeness (QED) is 0.844. The molecule has 0 spiro atoms. The van der Waals surface area contributed by atoms with Crippen LogP contribution < -0.4 is 15.8 Å². The maximum atomic E-state index is 13.5. The summed E-state index contributed by atoms with van der Waals surface area (Å²) in [6.45, 7) is 3.46. The number of benzene rings is 2. The topological polar surface area (TPSA) is 64.3 Å². The number of ether oxygens (including phenoxy) is 1. The maximum absolute atomic E-state index is 13.5. The van der Waals surface area contributed by atoms with Gasteiger partial charge in [-0.25, -0.2) is 4.39 Å². The smallest absolute Gasteiger partial charge is 0.262 e. The first-order valence-electron chi connectivity index (χ1n) is 6.61. The van der Waals surface area contributed by atoms with Gasteiger partial charge in [-0.05, 0) is 55.3 Å². The lowest BCUT2D eigenvalue weighted by molar-refractivity contribution is -0.118. The molecule has 0 unspecified atom stereocenters. The van der Waals surface area contributed by atoms with E-state index in [9.17, 15) is 9.18 Å². The molecule has 0 aliphatic heterocycles. The molecule has 0 aromatic heterocycles. The molecule has 1 amide bonds. The Bertz CT molecular complexity index is 696. The van der Waals surface area contributed by atoms with E-state index in [0.717, 1.165) is 11.1 Å². The van der Waals surface area contributed by atoms with Gasteiger partial charge in [0.1, 0.15) is 11.6 Å². The number of carbonyl (C=O) groups is 1. The second-order valence-electron chi connectivity index (χ2n) is 4.95. The molecular formula is C16H16ClFN2O2. The first-order valence-corrected chi connectivity index (χ1v) is 6.99. The highest BCUT2D eigenvalue weighted by molar-refractivity contribution is 6.32. The number of halogens is 2. The molecule has 6 heteroatoms. The number of nitrogens with one attached hydrogen (secondary N) is 1. The van der Waals surface area contributed by atoms with E-state index in [0.29, 0.717) is 16.5 Å². The lowest BCUT2D eigenvalue weighted by Crippen LogP contribution is -2.21. The van der Waals surface area contributed by atoms with Gasteiger partial charge in [0.05, 0.1) is 5.69 Å². The molecule has 2 rings (SSSR count). The van der Waals surface area contributed by atoms with Crippen molar-refractivity contribution >= 4 is 28.9 Å². The van der Waals surface area contributed by atoms with E-state index in [1.54, 1.807) is 12.1 Å². The van der Waals surface area contributed by atoms with Gasteiger partial charge in [0.15, 0.2) is 6.61 Å². The largest absolute Gasteiger partial charge is 0.484 e. The Morgan fingerprint density at radius 2 is 1.91 bits per heavy atom. The number of nitrogens with two attached hydrogens (primary N) is 1. The molecule has 3 N–H and O–H groups in total. The van der Waals surface area contributed by atoms with E-state index in [4.69, 9.17) is 22.1 Å². The number of anilines is 2. The average Bonchev–Trinajstić information content (AvgIpc) is 2.46. The van der Waals surface area contributed by atoms with Crippen molar-refractivity contribution in [2.75, 3.05) is 17.7 Å². The zero-order valence-corrected chi connectivity index (χ0v) is 13.0. The number of hydrogen-bond donors (Lipinski definition) is 2. The number of nitrogen functional groups attached to an aromatic ring is 1. The molecule has 0 atom stereocenters. The molecule has 0 aliphatic rings. The van der Waals surface area contributed by atoms with Crippen molar-refractivity contribution in [3.63, 3.8) is 0 Å². The van der Waals surface area contributed by atoms with Crippen LogP contribution in [-0.4, -0.2) is 12.5 Å². The number of hydrogen-bond acceptors (Lipinski definition) is 3. The van der Waals surface area contributed by atoms with Crippen LogP contribution in [0.3, 0.4) is 0 Å². The third-order valence-corrected chi connectivity index (χ3v) is 3.64. The van der Waals surface area contributed by atoms with Gasteiger partial charge in [-0.2, -0.15) is 0 Å². The van der Waals surface area contributed by atoms with Crippen LogP contribution in [0, 0.1) is 19.7 Å². The van der Waals surface area contributed by atoms with Crippen LogP contribution in [0.1, 0.15) is 11.1 Å². The molecule has 4 nitrogen and oxygen atoms in total. The summed E-state index contributed by atoms with van der Waals surface area (Å²) >= 11 is 6.06. The third kappa shape index (κ3) is 3.89.